The topological polar surface area (TPSA) is 119 Å². The number of aromatic nitrogens is 2. The number of aryl methyl sites for hydroxylation is 1. The first kappa shape index (κ1) is 20.6. The van der Waals surface area contributed by atoms with Crippen LogP contribution in [0.4, 0.5) is 15.8 Å². The van der Waals surface area contributed by atoms with Crippen molar-refractivity contribution in [3.05, 3.63) is 92.1 Å². The van der Waals surface area contributed by atoms with Gasteiger partial charge in [0.1, 0.15) is 17.2 Å². The van der Waals surface area contributed by atoms with Gasteiger partial charge in [-0.25, -0.2) is 9.07 Å². The summed E-state index contributed by atoms with van der Waals surface area (Å²) in [5.41, 5.74) is -0.260. The van der Waals surface area contributed by atoms with Crippen molar-refractivity contribution >= 4 is 17.3 Å². The third-order valence-electron chi connectivity index (χ3n) is 4.23. The molecule has 9 nitrogen and oxygen atoms in total. The van der Waals surface area contributed by atoms with E-state index >= 15 is 0 Å². The lowest BCUT2D eigenvalue weighted by atomic mass is 10.2. The van der Waals surface area contributed by atoms with Crippen LogP contribution in [0, 0.1) is 22.9 Å². The zero-order chi connectivity index (χ0) is 21.7. The van der Waals surface area contributed by atoms with Gasteiger partial charge in [0.25, 0.3) is 11.6 Å². The van der Waals surface area contributed by atoms with E-state index in [4.69, 9.17) is 0 Å². The quantitative estimate of drug-likeness (QED) is 0.350. The second kappa shape index (κ2) is 8.95. The van der Waals surface area contributed by atoms with Gasteiger partial charge in [-0.05, 0) is 25.1 Å². The Balaban J connectivity index is 1.71. The summed E-state index contributed by atoms with van der Waals surface area (Å²) in [6.45, 7) is 1.85. The van der Waals surface area contributed by atoms with Gasteiger partial charge in [0.05, 0.1) is 4.92 Å². The fourth-order valence-corrected chi connectivity index (χ4v) is 2.81. The lowest BCUT2D eigenvalue weighted by Gasteiger charge is -2.12. The highest BCUT2D eigenvalue weighted by Gasteiger charge is 2.17. The minimum absolute atomic E-state index is 0.0829. The Morgan fingerprint density at radius 2 is 1.87 bits per heavy atom. The Labute approximate surface area is 170 Å². The van der Waals surface area contributed by atoms with E-state index in [1.807, 2.05) is 0 Å². The summed E-state index contributed by atoms with van der Waals surface area (Å²) in [7, 11) is 0. The second-order valence-corrected chi connectivity index (χ2v) is 6.32. The Bertz CT molecular complexity index is 1160. The van der Waals surface area contributed by atoms with Gasteiger partial charge in [0, 0.05) is 30.9 Å². The summed E-state index contributed by atoms with van der Waals surface area (Å²) >= 11 is 0. The molecule has 0 bridgehead atoms. The number of carbonyl (C=O) groups excluding carboxylic acids is 1. The molecule has 0 aliphatic rings. The monoisotopic (exact) mass is 411 g/mol. The molecule has 10 heteroatoms. The number of carbonyl (C=O) groups is 1. The molecule has 0 spiro atoms. The standard InChI is InChI=1S/C20H18FN5O4/c1-13-12-18(27)19(24-25(13)16-8-4-2-6-14(16)21)20(28)23-11-10-22-15-7-3-5-9-17(15)26(29)30/h2-9,12,22H,10-11H2,1H3,(H,23,28). The predicted molar refractivity (Wildman–Crippen MR) is 108 cm³/mol. The van der Waals surface area contributed by atoms with Gasteiger partial charge in [-0.1, -0.05) is 24.3 Å². The summed E-state index contributed by atoms with van der Waals surface area (Å²) < 4.78 is 15.3. The zero-order valence-electron chi connectivity index (χ0n) is 16.0. The molecule has 30 heavy (non-hydrogen) atoms. The Morgan fingerprint density at radius 3 is 2.60 bits per heavy atom. The number of nitrogens with one attached hydrogen (secondary N) is 2. The molecular weight excluding hydrogens is 393 g/mol. The molecule has 0 saturated heterocycles. The Hall–Kier alpha value is -4.08. The van der Waals surface area contributed by atoms with Crippen LogP contribution in [0.5, 0.6) is 0 Å². The number of halogens is 1. The van der Waals surface area contributed by atoms with Gasteiger partial charge in [0.15, 0.2) is 5.69 Å². The summed E-state index contributed by atoms with van der Waals surface area (Å²) in [6.07, 6.45) is 0. The number of nitrogens with zero attached hydrogens (tertiary/aromatic N) is 3. The number of benzene rings is 2. The normalized spacial score (nSPS) is 10.5. The number of amides is 1. The maximum absolute atomic E-state index is 14.1. The van der Waals surface area contributed by atoms with Crippen LogP contribution in [0.1, 0.15) is 16.2 Å². The highest BCUT2D eigenvalue weighted by atomic mass is 19.1. The van der Waals surface area contributed by atoms with Crippen molar-refractivity contribution < 1.29 is 14.1 Å². The minimum Gasteiger partial charge on any atom is -0.378 e. The molecule has 0 fully saturated rings. The Morgan fingerprint density at radius 1 is 1.17 bits per heavy atom. The van der Waals surface area contributed by atoms with Crippen molar-refractivity contribution in [1.29, 1.82) is 0 Å². The van der Waals surface area contributed by atoms with Gasteiger partial charge < -0.3 is 10.6 Å². The molecule has 0 aliphatic carbocycles. The molecule has 0 atom stereocenters. The first-order valence-electron chi connectivity index (χ1n) is 9.00. The van der Waals surface area contributed by atoms with Crippen LogP contribution in [0.3, 0.4) is 0 Å². The average molecular weight is 411 g/mol. The summed E-state index contributed by atoms with van der Waals surface area (Å²) in [5.74, 6) is -1.27. The smallest absolute Gasteiger partial charge is 0.292 e. The van der Waals surface area contributed by atoms with E-state index in [2.05, 4.69) is 15.7 Å². The highest BCUT2D eigenvalue weighted by molar-refractivity contribution is 5.92. The first-order valence-corrected chi connectivity index (χ1v) is 9.00. The molecule has 3 aromatic rings. The zero-order valence-corrected chi connectivity index (χ0v) is 16.0. The third kappa shape index (κ3) is 4.49. The van der Waals surface area contributed by atoms with Crippen molar-refractivity contribution in [3.8, 4) is 5.69 Å². The van der Waals surface area contributed by atoms with Crippen molar-refractivity contribution in [3.63, 3.8) is 0 Å². The van der Waals surface area contributed by atoms with E-state index in [1.165, 1.54) is 35.0 Å². The largest absolute Gasteiger partial charge is 0.378 e. The van der Waals surface area contributed by atoms with Crippen LogP contribution >= 0.6 is 0 Å². The van der Waals surface area contributed by atoms with Gasteiger partial charge in [-0.2, -0.15) is 5.10 Å². The van der Waals surface area contributed by atoms with Crippen LogP contribution < -0.4 is 16.1 Å². The fourth-order valence-electron chi connectivity index (χ4n) is 2.81. The maximum Gasteiger partial charge on any atom is 0.292 e. The van der Waals surface area contributed by atoms with Gasteiger partial charge in [-0.3, -0.25) is 19.7 Å². The molecular formula is C20H18FN5O4. The summed E-state index contributed by atoms with van der Waals surface area (Å²) in [5, 5.41) is 20.4. The highest BCUT2D eigenvalue weighted by Crippen LogP contribution is 2.22. The molecule has 3 rings (SSSR count). The van der Waals surface area contributed by atoms with Crippen LogP contribution in [0.2, 0.25) is 0 Å². The molecule has 0 radical (unpaired) electrons. The van der Waals surface area contributed by atoms with Crippen LogP contribution in [0.15, 0.2) is 59.4 Å². The number of anilines is 1. The van der Waals surface area contributed by atoms with Crippen molar-refractivity contribution in [2.45, 2.75) is 6.92 Å². The lowest BCUT2D eigenvalue weighted by molar-refractivity contribution is -0.384. The van der Waals surface area contributed by atoms with Crippen molar-refractivity contribution in [2.24, 2.45) is 0 Å². The van der Waals surface area contributed by atoms with E-state index < -0.39 is 22.1 Å². The van der Waals surface area contributed by atoms with E-state index in [0.717, 1.165) is 0 Å². The van der Waals surface area contributed by atoms with Crippen LogP contribution in [-0.4, -0.2) is 33.7 Å². The van der Waals surface area contributed by atoms with E-state index in [1.54, 1.807) is 31.2 Å². The summed E-state index contributed by atoms with van der Waals surface area (Å²) in [4.78, 5) is 35.1. The molecule has 0 aliphatic heterocycles. The molecule has 0 saturated carbocycles. The number of rotatable bonds is 7. The van der Waals surface area contributed by atoms with Gasteiger partial charge in [-0.15, -0.1) is 0 Å². The molecule has 1 amide bonds. The molecule has 154 valence electrons. The van der Waals surface area contributed by atoms with Crippen molar-refractivity contribution in [1.82, 2.24) is 15.1 Å². The van der Waals surface area contributed by atoms with Crippen LogP contribution in [-0.2, 0) is 0 Å². The number of hydrogen-bond acceptors (Lipinski definition) is 6. The Kier molecular flexibility index (Phi) is 6.16. The van der Waals surface area contributed by atoms with E-state index in [9.17, 15) is 24.1 Å². The SMILES string of the molecule is Cc1cc(=O)c(C(=O)NCCNc2ccccc2[N+](=O)[O-])nn1-c1ccccc1F. The number of nitro benzene ring substituents is 1. The molecule has 2 N–H and O–H groups in total. The predicted octanol–water partition coefficient (Wildman–Crippen LogP) is 2.43. The van der Waals surface area contributed by atoms with Crippen LogP contribution in [0.25, 0.3) is 5.69 Å². The molecule has 2 aromatic carbocycles. The van der Waals surface area contributed by atoms with Crippen molar-refractivity contribution in [2.75, 3.05) is 18.4 Å². The average Bonchev–Trinajstić information content (AvgIpc) is 2.72. The van der Waals surface area contributed by atoms with Gasteiger partial charge in [0.2, 0.25) is 5.43 Å². The number of para-hydroxylation sites is 3. The first-order chi connectivity index (χ1) is 14.4. The van der Waals surface area contributed by atoms with E-state index in [0.29, 0.717) is 11.4 Å². The summed E-state index contributed by atoms with van der Waals surface area (Å²) in [6, 6.07) is 13.2. The van der Waals surface area contributed by atoms with Gasteiger partial charge >= 0.3 is 0 Å². The second-order valence-electron chi connectivity index (χ2n) is 6.32. The number of hydrogen-bond donors (Lipinski definition) is 2. The molecule has 0 unspecified atom stereocenters. The molecule has 1 aromatic heterocycles. The maximum atomic E-state index is 14.1. The lowest BCUT2D eigenvalue weighted by Crippen LogP contribution is -2.34. The van der Waals surface area contributed by atoms with E-state index in [-0.39, 0.29) is 30.2 Å². The third-order valence-corrected chi connectivity index (χ3v) is 4.23. The fraction of sp³-hybridized carbons (Fsp3) is 0.150. The minimum atomic E-state index is -0.727. The molecule has 1 heterocycles. The number of nitro groups is 1.